The van der Waals surface area contributed by atoms with Gasteiger partial charge in [-0.15, -0.1) is 13.2 Å². The highest BCUT2D eigenvalue weighted by Gasteiger charge is 2.33. The molecule has 1 aliphatic carbocycles. The summed E-state index contributed by atoms with van der Waals surface area (Å²) >= 11 is 0. The lowest BCUT2D eigenvalue weighted by atomic mass is 9.65. The van der Waals surface area contributed by atoms with Crippen molar-refractivity contribution < 1.29 is 0 Å². The minimum absolute atomic E-state index is 0.257. The molecular weight excluding hydrogens is 144 g/mol. The van der Waals surface area contributed by atoms with Crippen molar-refractivity contribution >= 4 is 0 Å². The van der Waals surface area contributed by atoms with Crippen LogP contribution in [-0.4, -0.2) is 0 Å². The van der Waals surface area contributed by atoms with Gasteiger partial charge < -0.3 is 0 Å². The third kappa shape index (κ3) is 1.48. The topological polar surface area (TPSA) is 0 Å². The predicted octanol–water partition coefficient (Wildman–Crippen LogP) is 3.95. The lowest BCUT2D eigenvalue weighted by molar-refractivity contribution is 0.200. The molecule has 12 heavy (non-hydrogen) atoms. The van der Waals surface area contributed by atoms with Crippen molar-refractivity contribution in [2.75, 3.05) is 0 Å². The molecule has 1 saturated carbocycles. The van der Waals surface area contributed by atoms with E-state index >= 15 is 0 Å². The van der Waals surface area contributed by atoms with Gasteiger partial charge in [0.1, 0.15) is 0 Å². The van der Waals surface area contributed by atoms with E-state index in [1.807, 2.05) is 0 Å². The largest absolute Gasteiger partial charge is 0.102 e. The molecule has 0 amide bonds. The number of rotatable bonds is 3. The van der Waals surface area contributed by atoms with E-state index < -0.39 is 0 Å². The molecule has 1 unspecified atom stereocenters. The van der Waals surface area contributed by atoms with Crippen molar-refractivity contribution in [1.82, 2.24) is 0 Å². The smallest absolute Gasteiger partial charge is 0.00838 e. The van der Waals surface area contributed by atoms with Gasteiger partial charge in [0.25, 0.3) is 0 Å². The Morgan fingerprint density at radius 1 is 1.33 bits per heavy atom. The average molecular weight is 164 g/mol. The van der Waals surface area contributed by atoms with E-state index in [0.717, 1.165) is 5.92 Å². The Morgan fingerprint density at radius 3 is 2.42 bits per heavy atom. The maximum Gasteiger partial charge on any atom is 0.00838 e. The summed E-state index contributed by atoms with van der Waals surface area (Å²) < 4.78 is 0. The van der Waals surface area contributed by atoms with Crippen LogP contribution in [0, 0.1) is 11.3 Å². The fourth-order valence-corrected chi connectivity index (χ4v) is 2.50. The van der Waals surface area contributed by atoms with Gasteiger partial charge in [-0.05, 0) is 18.8 Å². The van der Waals surface area contributed by atoms with Crippen molar-refractivity contribution in [2.24, 2.45) is 11.3 Å². The molecule has 0 aromatic heterocycles. The first kappa shape index (κ1) is 9.57. The summed E-state index contributed by atoms with van der Waals surface area (Å²) in [7, 11) is 0. The molecule has 0 heterocycles. The summed E-state index contributed by atoms with van der Waals surface area (Å²) in [5, 5.41) is 0. The molecule has 0 aromatic rings. The number of allylic oxidation sites excluding steroid dienone is 2. The summed E-state index contributed by atoms with van der Waals surface area (Å²) in [6.07, 6.45) is 10.8. The van der Waals surface area contributed by atoms with Gasteiger partial charge in [-0.25, -0.2) is 0 Å². The second-order valence-corrected chi connectivity index (χ2v) is 3.87. The molecule has 0 aliphatic heterocycles. The molecular formula is C12H20. The fraction of sp³-hybridized carbons (Fsp3) is 0.667. The normalized spacial score (nSPS) is 27.9. The van der Waals surface area contributed by atoms with E-state index in [1.165, 1.54) is 32.1 Å². The zero-order valence-electron chi connectivity index (χ0n) is 8.18. The van der Waals surface area contributed by atoms with Crippen molar-refractivity contribution in [1.29, 1.82) is 0 Å². The third-order valence-electron chi connectivity index (χ3n) is 3.43. The van der Waals surface area contributed by atoms with Crippen LogP contribution in [0.15, 0.2) is 25.3 Å². The van der Waals surface area contributed by atoms with Crippen LogP contribution in [0.1, 0.15) is 39.0 Å². The van der Waals surface area contributed by atoms with Crippen LogP contribution in [0.3, 0.4) is 0 Å². The summed E-state index contributed by atoms with van der Waals surface area (Å²) in [6, 6.07) is 0. The zero-order valence-corrected chi connectivity index (χ0v) is 8.18. The van der Waals surface area contributed by atoms with E-state index in [1.54, 1.807) is 0 Å². The first-order valence-electron chi connectivity index (χ1n) is 5.06. The van der Waals surface area contributed by atoms with Gasteiger partial charge in [0.15, 0.2) is 0 Å². The molecule has 1 fully saturated rings. The van der Waals surface area contributed by atoms with Crippen LogP contribution in [0.2, 0.25) is 0 Å². The lowest BCUT2D eigenvalue weighted by Gasteiger charge is -2.39. The Hall–Kier alpha value is -0.520. The summed E-state index contributed by atoms with van der Waals surface area (Å²) in [4.78, 5) is 0. The molecule has 0 N–H and O–H groups in total. The first-order valence-corrected chi connectivity index (χ1v) is 5.06. The third-order valence-corrected chi connectivity index (χ3v) is 3.43. The van der Waals surface area contributed by atoms with Crippen molar-refractivity contribution in [3.63, 3.8) is 0 Å². The van der Waals surface area contributed by atoms with Gasteiger partial charge in [-0.3, -0.25) is 0 Å². The highest BCUT2D eigenvalue weighted by molar-refractivity contribution is 5.10. The molecule has 0 saturated heterocycles. The second kappa shape index (κ2) is 3.93. The van der Waals surface area contributed by atoms with E-state index in [0.29, 0.717) is 0 Å². The van der Waals surface area contributed by atoms with Gasteiger partial charge in [0.05, 0.1) is 0 Å². The number of hydrogen-bond donors (Lipinski definition) is 0. The zero-order chi connectivity index (χ0) is 9.03. The average Bonchev–Trinajstić information content (AvgIpc) is 2.17. The van der Waals surface area contributed by atoms with E-state index in [2.05, 4.69) is 32.2 Å². The quantitative estimate of drug-likeness (QED) is 0.554. The maximum absolute atomic E-state index is 3.95. The molecule has 1 aliphatic rings. The van der Waals surface area contributed by atoms with Gasteiger partial charge >= 0.3 is 0 Å². The van der Waals surface area contributed by atoms with Crippen LogP contribution >= 0.6 is 0 Å². The highest BCUT2D eigenvalue weighted by atomic mass is 14.4. The maximum atomic E-state index is 3.95. The monoisotopic (exact) mass is 164 g/mol. The highest BCUT2D eigenvalue weighted by Crippen LogP contribution is 2.44. The molecule has 0 aromatic carbocycles. The molecule has 1 rings (SSSR count). The minimum atomic E-state index is 0.257. The van der Waals surface area contributed by atoms with Gasteiger partial charge in [-0.1, -0.05) is 38.3 Å². The molecule has 0 nitrogen and oxygen atoms in total. The van der Waals surface area contributed by atoms with E-state index in [-0.39, 0.29) is 5.41 Å². The van der Waals surface area contributed by atoms with Crippen LogP contribution < -0.4 is 0 Å². The Kier molecular flexibility index (Phi) is 3.13. The summed E-state index contributed by atoms with van der Waals surface area (Å²) in [6.45, 7) is 10.2. The molecule has 0 spiro atoms. The Morgan fingerprint density at radius 2 is 2.00 bits per heavy atom. The van der Waals surface area contributed by atoms with Crippen LogP contribution in [0.5, 0.6) is 0 Å². The molecule has 0 radical (unpaired) electrons. The standard InChI is InChI=1S/C12H20/c1-4-11-9-7-8-10-12(11,5-2)6-3/h5-6,11H,2-4,7-10H2,1H3. The second-order valence-electron chi connectivity index (χ2n) is 3.87. The molecule has 0 heteroatoms. The van der Waals surface area contributed by atoms with Gasteiger partial charge in [-0.2, -0.15) is 0 Å². The molecule has 68 valence electrons. The molecule has 0 bridgehead atoms. The lowest BCUT2D eigenvalue weighted by Crippen LogP contribution is -2.29. The van der Waals surface area contributed by atoms with E-state index in [9.17, 15) is 0 Å². The predicted molar refractivity (Wildman–Crippen MR) is 55.1 cm³/mol. The SMILES string of the molecule is C=CC1(C=C)CCCCC1CC. The van der Waals surface area contributed by atoms with E-state index in [4.69, 9.17) is 0 Å². The molecule has 1 atom stereocenters. The Balaban J connectivity index is 2.79. The van der Waals surface area contributed by atoms with Gasteiger partial charge in [0, 0.05) is 5.41 Å². The van der Waals surface area contributed by atoms with Crippen LogP contribution in [-0.2, 0) is 0 Å². The van der Waals surface area contributed by atoms with Crippen LogP contribution in [0.25, 0.3) is 0 Å². The van der Waals surface area contributed by atoms with Gasteiger partial charge in [0.2, 0.25) is 0 Å². The summed E-state index contributed by atoms with van der Waals surface area (Å²) in [5.41, 5.74) is 0.257. The Labute approximate surface area is 76.4 Å². The first-order chi connectivity index (χ1) is 5.79. The number of hydrogen-bond acceptors (Lipinski definition) is 0. The van der Waals surface area contributed by atoms with Crippen molar-refractivity contribution in [3.05, 3.63) is 25.3 Å². The van der Waals surface area contributed by atoms with Crippen LogP contribution in [0.4, 0.5) is 0 Å². The minimum Gasteiger partial charge on any atom is -0.102 e. The van der Waals surface area contributed by atoms with Crippen molar-refractivity contribution in [2.45, 2.75) is 39.0 Å². The fourth-order valence-electron chi connectivity index (χ4n) is 2.50. The Bertz CT molecular complexity index is 159. The van der Waals surface area contributed by atoms with Crippen molar-refractivity contribution in [3.8, 4) is 0 Å². The summed E-state index contributed by atoms with van der Waals surface area (Å²) in [5.74, 6) is 0.793.